The number of aromatic hydroxyl groups is 1. The Morgan fingerprint density at radius 2 is 1.92 bits per heavy atom. The number of carbonyl (C=O) groups is 1. The highest BCUT2D eigenvalue weighted by Crippen LogP contribution is 2.40. The van der Waals surface area contributed by atoms with E-state index in [0.29, 0.717) is 0 Å². The minimum absolute atomic E-state index is 0.0212. The zero-order valence-electron chi connectivity index (χ0n) is 19.2. The van der Waals surface area contributed by atoms with Crippen LogP contribution in [0.3, 0.4) is 0 Å². The number of phenolic OH excluding ortho intramolecular Hbond substituents is 1. The number of benzene rings is 2. The van der Waals surface area contributed by atoms with Crippen LogP contribution in [0.15, 0.2) is 52.1 Å². The van der Waals surface area contributed by atoms with Gasteiger partial charge in [-0.3, -0.25) is 9.59 Å². The molecule has 2 aromatic heterocycles. The maximum Gasteiger partial charge on any atom is 0.416 e. The van der Waals surface area contributed by atoms with Crippen LogP contribution in [0, 0.1) is 11.3 Å². The first-order valence-corrected chi connectivity index (χ1v) is 12.3. The third-order valence-corrected chi connectivity index (χ3v) is 6.71. The van der Waals surface area contributed by atoms with Crippen LogP contribution in [0.1, 0.15) is 27.2 Å². The van der Waals surface area contributed by atoms with Crippen LogP contribution in [0.4, 0.5) is 13.2 Å². The molecule has 2 heterocycles. The summed E-state index contributed by atoms with van der Waals surface area (Å²) in [7, 11) is 1.50. The lowest BCUT2D eigenvalue weighted by Gasteiger charge is -2.19. The van der Waals surface area contributed by atoms with Crippen molar-refractivity contribution in [2.45, 2.75) is 12.7 Å². The number of amides is 1. The molecule has 4 rings (SSSR count). The summed E-state index contributed by atoms with van der Waals surface area (Å²) in [6.45, 7) is -0.0808. The Kier molecular flexibility index (Phi) is 7.51. The monoisotopic (exact) mass is 578 g/mol. The van der Waals surface area contributed by atoms with Gasteiger partial charge in [0, 0.05) is 51.3 Å². The lowest BCUT2D eigenvalue weighted by Crippen LogP contribution is -2.26. The molecular weight excluding hydrogens is 564 g/mol. The number of nitrogens with zero attached hydrogens (tertiary/aromatic N) is 3. The molecule has 0 saturated carbocycles. The average molecular weight is 579 g/mol. The van der Waals surface area contributed by atoms with Crippen molar-refractivity contribution in [3.8, 4) is 34.2 Å². The number of nitrogens with one attached hydrogen (secondary N) is 1. The highest BCUT2D eigenvalue weighted by atomic mass is 35.5. The van der Waals surface area contributed by atoms with Gasteiger partial charge in [-0.25, -0.2) is 4.98 Å². The van der Waals surface area contributed by atoms with E-state index >= 15 is 0 Å². The third-order valence-electron chi connectivity index (χ3n) is 5.58. The predicted molar refractivity (Wildman–Crippen MR) is 137 cm³/mol. The smallest absolute Gasteiger partial charge is 0.416 e. The number of hydrogen-bond acceptors (Lipinski definition) is 6. The number of hydrogen-bond donors (Lipinski definition) is 2. The van der Waals surface area contributed by atoms with Gasteiger partial charge in [-0.05, 0) is 36.4 Å². The molecule has 0 bridgehead atoms. The molecule has 13 heteroatoms. The van der Waals surface area contributed by atoms with E-state index in [2.05, 4.69) is 9.97 Å². The normalized spacial score (nSPS) is 11.3. The highest BCUT2D eigenvalue weighted by Gasteiger charge is 2.31. The van der Waals surface area contributed by atoms with E-state index in [1.165, 1.54) is 47.0 Å². The molecule has 0 radical (unpaired) electrons. The number of rotatable bonds is 5. The molecule has 0 spiro atoms. The van der Waals surface area contributed by atoms with Crippen molar-refractivity contribution in [1.82, 2.24) is 14.9 Å². The van der Waals surface area contributed by atoms with Crippen LogP contribution >= 0.6 is 34.5 Å². The molecular formula is C25H15Cl2F3N4O3S. The van der Waals surface area contributed by atoms with Gasteiger partial charge in [-0.2, -0.15) is 18.4 Å². The molecule has 0 aliphatic rings. The van der Waals surface area contributed by atoms with Gasteiger partial charge < -0.3 is 15.0 Å². The molecule has 4 aromatic rings. The van der Waals surface area contributed by atoms with Crippen molar-refractivity contribution >= 4 is 40.4 Å². The summed E-state index contributed by atoms with van der Waals surface area (Å²) in [5, 5.41) is 22.2. The molecule has 2 N–H and O–H groups in total. The summed E-state index contributed by atoms with van der Waals surface area (Å²) in [6.07, 6.45) is -4.70. The van der Waals surface area contributed by atoms with Gasteiger partial charge in [0.05, 0.1) is 16.8 Å². The number of aromatic amines is 1. The van der Waals surface area contributed by atoms with Crippen molar-refractivity contribution in [2.24, 2.45) is 0 Å². The van der Waals surface area contributed by atoms with Crippen molar-refractivity contribution in [2.75, 3.05) is 7.05 Å². The minimum atomic E-state index is -4.70. The summed E-state index contributed by atoms with van der Waals surface area (Å²) in [4.78, 5) is 33.1. The fourth-order valence-electron chi connectivity index (χ4n) is 3.76. The fraction of sp³-hybridized carbons (Fsp3) is 0.120. The lowest BCUT2D eigenvalue weighted by atomic mass is 9.96. The van der Waals surface area contributed by atoms with E-state index in [1.807, 2.05) is 0 Å². The van der Waals surface area contributed by atoms with Crippen LogP contribution < -0.4 is 5.56 Å². The summed E-state index contributed by atoms with van der Waals surface area (Å²) in [6, 6.07) is 8.23. The lowest BCUT2D eigenvalue weighted by molar-refractivity contribution is -0.137. The van der Waals surface area contributed by atoms with E-state index in [9.17, 15) is 33.1 Å². The maximum absolute atomic E-state index is 13.4. The Balaban J connectivity index is 1.84. The van der Waals surface area contributed by atoms with Crippen LogP contribution in [-0.2, 0) is 12.7 Å². The number of thiazole rings is 1. The topological polar surface area (TPSA) is 110 Å². The second kappa shape index (κ2) is 10.5. The van der Waals surface area contributed by atoms with Crippen LogP contribution in [0.25, 0.3) is 22.4 Å². The molecule has 7 nitrogen and oxygen atoms in total. The average Bonchev–Trinajstić information content (AvgIpc) is 3.39. The first-order valence-electron chi connectivity index (χ1n) is 10.6. The predicted octanol–water partition coefficient (Wildman–Crippen LogP) is 6.34. The molecule has 0 saturated heterocycles. The van der Waals surface area contributed by atoms with Crippen LogP contribution in [-0.4, -0.2) is 32.9 Å². The molecule has 0 unspecified atom stereocenters. The first-order chi connectivity index (χ1) is 17.9. The number of nitriles is 1. The van der Waals surface area contributed by atoms with Crippen LogP contribution in [0.2, 0.25) is 10.0 Å². The van der Waals surface area contributed by atoms with Gasteiger partial charge in [0.25, 0.3) is 11.5 Å². The van der Waals surface area contributed by atoms with E-state index in [-0.39, 0.29) is 56.0 Å². The Labute approximate surface area is 227 Å². The van der Waals surface area contributed by atoms with Crippen molar-refractivity contribution in [1.29, 1.82) is 5.26 Å². The summed E-state index contributed by atoms with van der Waals surface area (Å²) >= 11 is 13.7. The fourth-order valence-corrected chi connectivity index (χ4v) is 4.74. The quantitative estimate of drug-likeness (QED) is 0.287. The molecule has 0 aliphatic heterocycles. The third kappa shape index (κ3) is 5.38. The number of alkyl halides is 3. The molecule has 0 fully saturated rings. The Hall–Kier alpha value is -3.85. The van der Waals surface area contributed by atoms with Gasteiger partial charge in [-0.15, -0.1) is 11.3 Å². The number of pyridine rings is 1. The number of phenols is 1. The number of aromatic nitrogens is 2. The second-order valence-electron chi connectivity index (χ2n) is 8.10. The Morgan fingerprint density at radius 1 is 1.18 bits per heavy atom. The largest absolute Gasteiger partial charge is 0.507 e. The SMILES string of the molecule is CN(Cc1cc(Cl)cc(-c2cc(-c3cc(C(F)(F)F)ccc3Cl)c(C#N)c(=O)[nH]2)c1O)C(=O)c1cscn1. The van der Waals surface area contributed by atoms with E-state index in [4.69, 9.17) is 23.2 Å². The van der Waals surface area contributed by atoms with Crippen molar-refractivity contribution in [3.05, 3.63) is 90.1 Å². The number of H-pyrrole nitrogens is 1. The van der Waals surface area contributed by atoms with Gasteiger partial charge in [0.2, 0.25) is 0 Å². The van der Waals surface area contributed by atoms with Gasteiger partial charge in [-0.1, -0.05) is 23.2 Å². The molecule has 2 aromatic carbocycles. The van der Waals surface area contributed by atoms with Crippen LogP contribution in [0.5, 0.6) is 5.75 Å². The van der Waals surface area contributed by atoms with Crippen molar-refractivity contribution in [3.63, 3.8) is 0 Å². The minimum Gasteiger partial charge on any atom is -0.507 e. The van der Waals surface area contributed by atoms with Gasteiger partial charge in [0.1, 0.15) is 23.1 Å². The molecule has 1 amide bonds. The summed E-state index contributed by atoms with van der Waals surface area (Å²) < 4.78 is 40.1. The van der Waals surface area contributed by atoms with Gasteiger partial charge >= 0.3 is 6.18 Å². The molecule has 0 aliphatic carbocycles. The summed E-state index contributed by atoms with van der Waals surface area (Å²) in [5.41, 5.74) is -0.828. The number of halogens is 5. The summed E-state index contributed by atoms with van der Waals surface area (Å²) in [5.74, 6) is -0.741. The molecule has 38 heavy (non-hydrogen) atoms. The maximum atomic E-state index is 13.4. The standard InChI is InChI=1S/C25H15Cl2F3N4O3S/c1-34(24(37)21-10-38-11-32-21)9-12-4-14(26)6-17(22(12)35)20-7-15(18(8-31)23(36)33-20)16-5-13(25(28,29)30)2-3-19(16)27/h2-7,10-11,35H,9H2,1H3,(H,33,36). The first kappa shape index (κ1) is 27.2. The zero-order chi connectivity index (χ0) is 27.8. The zero-order valence-corrected chi connectivity index (χ0v) is 21.6. The number of carbonyl (C=O) groups excluding carboxylic acids is 1. The Bertz CT molecular complexity index is 1650. The molecule has 0 atom stereocenters. The van der Waals surface area contributed by atoms with E-state index in [0.717, 1.165) is 18.2 Å². The molecule has 194 valence electrons. The highest BCUT2D eigenvalue weighted by molar-refractivity contribution is 7.07. The van der Waals surface area contributed by atoms with Gasteiger partial charge in [0.15, 0.2) is 0 Å². The second-order valence-corrected chi connectivity index (χ2v) is 9.66. The Morgan fingerprint density at radius 3 is 2.55 bits per heavy atom. The van der Waals surface area contributed by atoms with E-state index in [1.54, 1.807) is 11.4 Å². The van der Waals surface area contributed by atoms with Crippen molar-refractivity contribution < 1.29 is 23.1 Å². The van der Waals surface area contributed by atoms with E-state index < -0.39 is 28.8 Å².